The van der Waals surface area contributed by atoms with Crippen LogP contribution in [-0.4, -0.2) is 47.1 Å². The molecule has 0 aromatic heterocycles. The van der Waals surface area contributed by atoms with E-state index in [1.807, 2.05) is 13.8 Å². The Morgan fingerprint density at radius 1 is 1.59 bits per heavy atom. The molecule has 1 aliphatic rings. The Hall–Kier alpha value is -1.10. The van der Waals surface area contributed by atoms with Gasteiger partial charge in [0.25, 0.3) is 0 Å². The first-order valence-corrected chi connectivity index (χ1v) is 6.17. The number of hydrogen-bond acceptors (Lipinski definition) is 3. The summed E-state index contributed by atoms with van der Waals surface area (Å²) in [4.78, 5) is 25.0. The predicted molar refractivity (Wildman–Crippen MR) is 64.3 cm³/mol. The summed E-state index contributed by atoms with van der Waals surface area (Å²) >= 11 is 0. The summed E-state index contributed by atoms with van der Waals surface area (Å²) in [6.07, 6.45) is 0.867. The molecule has 2 amide bonds. The molecule has 2 atom stereocenters. The maximum Gasteiger partial charge on any atom is 0.225 e. The van der Waals surface area contributed by atoms with Crippen molar-refractivity contribution in [3.8, 4) is 0 Å². The molecule has 98 valence electrons. The highest BCUT2D eigenvalue weighted by atomic mass is 16.3. The Labute approximate surface area is 102 Å². The van der Waals surface area contributed by atoms with Crippen molar-refractivity contribution in [2.24, 2.45) is 5.92 Å². The summed E-state index contributed by atoms with van der Waals surface area (Å²) < 4.78 is 0. The average Bonchev–Trinajstić information content (AvgIpc) is 2.67. The minimum atomic E-state index is -0.872. The lowest BCUT2D eigenvalue weighted by Gasteiger charge is -2.22. The molecule has 0 radical (unpaired) electrons. The van der Waals surface area contributed by atoms with E-state index in [1.54, 1.807) is 11.8 Å². The number of rotatable bonds is 5. The van der Waals surface area contributed by atoms with E-state index in [9.17, 15) is 14.7 Å². The molecular weight excluding hydrogens is 220 g/mol. The first-order valence-electron chi connectivity index (χ1n) is 6.17. The number of likely N-dealkylation sites (tertiary alicyclic amines) is 1. The summed E-state index contributed by atoms with van der Waals surface area (Å²) in [7, 11) is 0. The van der Waals surface area contributed by atoms with Crippen LogP contribution in [0.15, 0.2) is 0 Å². The first kappa shape index (κ1) is 14.0. The van der Waals surface area contributed by atoms with Crippen LogP contribution in [0.25, 0.3) is 0 Å². The van der Waals surface area contributed by atoms with Crippen LogP contribution in [0.3, 0.4) is 0 Å². The van der Waals surface area contributed by atoms with Gasteiger partial charge in [-0.05, 0) is 20.3 Å². The van der Waals surface area contributed by atoms with Crippen molar-refractivity contribution in [2.45, 2.75) is 39.2 Å². The van der Waals surface area contributed by atoms with E-state index < -0.39 is 5.60 Å². The van der Waals surface area contributed by atoms with Gasteiger partial charge in [0.2, 0.25) is 11.8 Å². The van der Waals surface area contributed by atoms with Crippen molar-refractivity contribution in [3.63, 3.8) is 0 Å². The summed E-state index contributed by atoms with van der Waals surface area (Å²) in [5, 5.41) is 12.5. The van der Waals surface area contributed by atoms with Gasteiger partial charge in [-0.15, -0.1) is 0 Å². The van der Waals surface area contributed by atoms with E-state index in [4.69, 9.17) is 0 Å². The maximum absolute atomic E-state index is 11.8. The molecule has 1 saturated heterocycles. The van der Waals surface area contributed by atoms with Crippen LogP contribution in [0, 0.1) is 5.92 Å². The average molecular weight is 242 g/mol. The molecule has 0 spiro atoms. The molecule has 1 aliphatic heterocycles. The molecule has 17 heavy (non-hydrogen) atoms. The molecule has 0 aromatic rings. The third kappa shape index (κ3) is 3.70. The standard InChI is InChI=1S/C12H22N2O3/c1-4-12(3,17)8-13-11(16)9-6-10(15)14(5-2)7-9/h9,17H,4-8H2,1-3H3,(H,13,16). The Balaban J connectivity index is 2.42. The third-order valence-electron chi connectivity index (χ3n) is 3.37. The zero-order valence-electron chi connectivity index (χ0n) is 10.8. The number of nitrogens with one attached hydrogen (secondary N) is 1. The predicted octanol–water partition coefficient (Wildman–Crippen LogP) is 0.132. The molecule has 1 fully saturated rings. The zero-order valence-corrected chi connectivity index (χ0v) is 10.8. The van der Waals surface area contributed by atoms with Crippen molar-refractivity contribution in [3.05, 3.63) is 0 Å². The molecule has 2 N–H and O–H groups in total. The zero-order chi connectivity index (χ0) is 13.1. The second-order valence-corrected chi connectivity index (χ2v) is 4.90. The summed E-state index contributed by atoms with van der Waals surface area (Å²) in [6, 6.07) is 0. The lowest BCUT2D eigenvalue weighted by molar-refractivity contribution is -0.129. The number of carbonyl (C=O) groups is 2. The third-order valence-corrected chi connectivity index (χ3v) is 3.37. The SMILES string of the molecule is CCN1CC(C(=O)NCC(C)(O)CC)CC1=O. The van der Waals surface area contributed by atoms with Crippen molar-refractivity contribution in [2.75, 3.05) is 19.6 Å². The van der Waals surface area contributed by atoms with E-state index in [0.717, 1.165) is 0 Å². The molecule has 2 unspecified atom stereocenters. The maximum atomic E-state index is 11.8. The molecule has 0 aliphatic carbocycles. The minimum absolute atomic E-state index is 0.0369. The lowest BCUT2D eigenvalue weighted by Crippen LogP contribution is -2.42. The van der Waals surface area contributed by atoms with Gasteiger partial charge in [-0.3, -0.25) is 9.59 Å². The number of aliphatic hydroxyl groups is 1. The highest BCUT2D eigenvalue weighted by Gasteiger charge is 2.33. The van der Waals surface area contributed by atoms with E-state index in [1.165, 1.54) is 0 Å². The van der Waals surface area contributed by atoms with E-state index in [2.05, 4.69) is 5.32 Å². The Morgan fingerprint density at radius 2 is 2.24 bits per heavy atom. The number of amides is 2. The second-order valence-electron chi connectivity index (χ2n) is 4.90. The fourth-order valence-corrected chi connectivity index (χ4v) is 1.80. The molecule has 0 saturated carbocycles. The van der Waals surface area contributed by atoms with E-state index in [0.29, 0.717) is 19.5 Å². The van der Waals surface area contributed by atoms with Crippen LogP contribution in [0.4, 0.5) is 0 Å². The summed E-state index contributed by atoms with van der Waals surface area (Å²) in [5.74, 6) is -0.368. The van der Waals surface area contributed by atoms with Gasteiger partial charge in [-0.25, -0.2) is 0 Å². The van der Waals surface area contributed by atoms with Crippen LogP contribution >= 0.6 is 0 Å². The smallest absolute Gasteiger partial charge is 0.225 e. The van der Waals surface area contributed by atoms with Gasteiger partial charge >= 0.3 is 0 Å². The molecule has 0 bridgehead atoms. The molecular formula is C12H22N2O3. The number of nitrogens with zero attached hydrogens (tertiary/aromatic N) is 1. The van der Waals surface area contributed by atoms with E-state index >= 15 is 0 Å². The Bertz CT molecular complexity index is 302. The molecule has 5 nitrogen and oxygen atoms in total. The number of hydrogen-bond donors (Lipinski definition) is 2. The quantitative estimate of drug-likeness (QED) is 0.720. The van der Waals surface area contributed by atoms with Crippen molar-refractivity contribution in [1.82, 2.24) is 10.2 Å². The normalized spacial score (nSPS) is 23.6. The van der Waals surface area contributed by atoms with Crippen molar-refractivity contribution >= 4 is 11.8 Å². The monoisotopic (exact) mass is 242 g/mol. The van der Waals surface area contributed by atoms with Gasteiger partial charge in [0, 0.05) is 26.1 Å². The molecule has 1 rings (SSSR count). The minimum Gasteiger partial charge on any atom is -0.388 e. The second kappa shape index (κ2) is 5.49. The fourth-order valence-electron chi connectivity index (χ4n) is 1.80. The van der Waals surface area contributed by atoms with Crippen LogP contribution in [-0.2, 0) is 9.59 Å². The van der Waals surface area contributed by atoms with E-state index in [-0.39, 0.29) is 30.7 Å². The summed E-state index contributed by atoms with van der Waals surface area (Å²) in [5.41, 5.74) is -0.872. The fraction of sp³-hybridized carbons (Fsp3) is 0.833. The van der Waals surface area contributed by atoms with Gasteiger partial charge < -0.3 is 15.3 Å². The van der Waals surface area contributed by atoms with Crippen LogP contribution in [0.5, 0.6) is 0 Å². The lowest BCUT2D eigenvalue weighted by atomic mass is 10.0. The molecule has 1 heterocycles. The van der Waals surface area contributed by atoms with Gasteiger partial charge in [-0.2, -0.15) is 0 Å². The van der Waals surface area contributed by atoms with Gasteiger partial charge in [0.1, 0.15) is 0 Å². The van der Waals surface area contributed by atoms with Crippen molar-refractivity contribution < 1.29 is 14.7 Å². The van der Waals surface area contributed by atoms with Crippen LogP contribution in [0.2, 0.25) is 0 Å². The molecule has 5 heteroatoms. The van der Waals surface area contributed by atoms with Crippen LogP contribution in [0.1, 0.15) is 33.6 Å². The Kier molecular flexibility index (Phi) is 4.51. The largest absolute Gasteiger partial charge is 0.388 e. The molecule has 0 aromatic carbocycles. The summed E-state index contributed by atoms with van der Waals surface area (Å²) in [6.45, 7) is 6.83. The van der Waals surface area contributed by atoms with Crippen molar-refractivity contribution in [1.29, 1.82) is 0 Å². The number of carbonyl (C=O) groups excluding carboxylic acids is 2. The highest BCUT2D eigenvalue weighted by molar-refractivity contribution is 5.89. The Morgan fingerprint density at radius 3 is 2.71 bits per heavy atom. The van der Waals surface area contributed by atoms with Gasteiger partial charge in [-0.1, -0.05) is 6.92 Å². The van der Waals surface area contributed by atoms with Crippen LogP contribution < -0.4 is 5.32 Å². The van der Waals surface area contributed by atoms with Gasteiger partial charge in [0.05, 0.1) is 11.5 Å². The highest BCUT2D eigenvalue weighted by Crippen LogP contribution is 2.17. The van der Waals surface area contributed by atoms with Gasteiger partial charge in [0.15, 0.2) is 0 Å². The first-order chi connectivity index (χ1) is 7.89. The topological polar surface area (TPSA) is 69.6 Å².